The summed E-state index contributed by atoms with van der Waals surface area (Å²) in [6.07, 6.45) is -0.887. The van der Waals surface area contributed by atoms with Gasteiger partial charge in [0.1, 0.15) is 10.7 Å². The molecule has 2 heterocycles. The summed E-state index contributed by atoms with van der Waals surface area (Å²) in [6.45, 7) is 6.14. The summed E-state index contributed by atoms with van der Waals surface area (Å²) in [4.78, 5) is 33.6. The van der Waals surface area contributed by atoms with Gasteiger partial charge < -0.3 is 15.8 Å². The Hall–Kier alpha value is -2.88. The molecule has 2 amide bonds. The number of carbonyl (C=O) groups excluding carboxylic acids is 2. The van der Waals surface area contributed by atoms with Crippen LogP contribution in [0.4, 0.5) is 13.2 Å². The molecule has 1 aliphatic rings. The third kappa shape index (κ3) is 6.27. The average Bonchev–Trinajstić information content (AvgIpc) is 2.78. The SMILES string of the molecule is CCOc1ncc(C)cc1C1CC[C@@H](C)C[C@@](NC(=O)c2ccc(Cl)nc2C(F)(F)F)(C(N)=O)CC1. The first-order valence-electron chi connectivity index (χ1n) is 11.8. The van der Waals surface area contributed by atoms with Crippen LogP contribution in [0, 0.1) is 12.8 Å². The molecule has 1 fully saturated rings. The number of carbonyl (C=O) groups is 2. The minimum Gasteiger partial charge on any atom is -0.478 e. The number of amides is 2. The number of ether oxygens (including phenoxy) is 1. The maximum Gasteiger partial charge on any atom is 0.434 e. The van der Waals surface area contributed by atoms with E-state index in [0.29, 0.717) is 25.3 Å². The van der Waals surface area contributed by atoms with Gasteiger partial charge in [-0.1, -0.05) is 24.9 Å². The van der Waals surface area contributed by atoms with Gasteiger partial charge in [-0.25, -0.2) is 9.97 Å². The number of pyridine rings is 2. The predicted octanol–water partition coefficient (Wildman–Crippen LogP) is 5.19. The Morgan fingerprint density at radius 1 is 1.28 bits per heavy atom. The molecule has 0 aromatic carbocycles. The smallest absolute Gasteiger partial charge is 0.434 e. The normalized spacial score (nSPS) is 22.9. The molecule has 0 aliphatic heterocycles. The highest BCUT2D eigenvalue weighted by molar-refractivity contribution is 6.29. The third-order valence-corrected chi connectivity index (χ3v) is 6.77. The van der Waals surface area contributed by atoms with E-state index in [1.54, 1.807) is 6.20 Å². The number of alkyl halides is 3. The van der Waals surface area contributed by atoms with Gasteiger partial charge in [0.15, 0.2) is 5.69 Å². The third-order valence-electron chi connectivity index (χ3n) is 6.56. The zero-order chi connectivity index (χ0) is 26.7. The van der Waals surface area contributed by atoms with E-state index >= 15 is 0 Å². The first-order chi connectivity index (χ1) is 16.9. The lowest BCUT2D eigenvalue weighted by Gasteiger charge is -2.38. The molecule has 7 nitrogen and oxygen atoms in total. The molecule has 2 aromatic heterocycles. The van der Waals surface area contributed by atoms with Gasteiger partial charge in [-0.15, -0.1) is 0 Å². The number of primary amides is 1. The number of nitrogens with one attached hydrogen (secondary N) is 1. The van der Waals surface area contributed by atoms with E-state index in [0.717, 1.165) is 29.7 Å². The summed E-state index contributed by atoms with van der Waals surface area (Å²) in [5.74, 6) is -1.45. The highest BCUT2D eigenvalue weighted by Gasteiger charge is 2.44. The standard InChI is InChI=1S/C25H30ClF3N4O3/c1-4-36-22-18(11-15(3)13-31-22)16-6-5-14(2)12-24(10-9-16,23(30)35)33-21(34)17-7-8-19(26)32-20(17)25(27,28)29/h7-8,11,13-14,16H,4-6,9-10,12H2,1-3H3,(H2,30,35)(H,33,34)/t14-,16?,24-/m1/s1. The van der Waals surface area contributed by atoms with Crippen molar-refractivity contribution in [3.8, 4) is 5.88 Å². The maximum atomic E-state index is 13.6. The summed E-state index contributed by atoms with van der Waals surface area (Å²) >= 11 is 5.64. The number of hydrogen-bond acceptors (Lipinski definition) is 5. The van der Waals surface area contributed by atoms with Gasteiger partial charge >= 0.3 is 6.18 Å². The molecule has 196 valence electrons. The first-order valence-corrected chi connectivity index (χ1v) is 12.2. The van der Waals surface area contributed by atoms with Crippen LogP contribution in [-0.4, -0.2) is 33.9 Å². The minimum atomic E-state index is -4.91. The van der Waals surface area contributed by atoms with E-state index in [2.05, 4.69) is 15.3 Å². The number of nitrogens with zero attached hydrogens (tertiary/aromatic N) is 2. The minimum absolute atomic E-state index is 0.0414. The van der Waals surface area contributed by atoms with Crippen LogP contribution >= 0.6 is 11.6 Å². The quantitative estimate of drug-likeness (QED) is 0.503. The van der Waals surface area contributed by atoms with Gasteiger partial charge in [0.05, 0.1) is 12.2 Å². The fourth-order valence-electron chi connectivity index (χ4n) is 4.81. The number of aromatic nitrogens is 2. The van der Waals surface area contributed by atoms with Crippen LogP contribution < -0.4 is 15.8 Å². The Balaban J connectivity index is 1.96. The monoisotopic (exact) mass is 526 g/mol. The van der Waals surface area contributed by atoms with Crippen LogP contribution in [0.2, 0.25) is 5.15 Å². The molecular weight excluding hydrogens is 497 g/mol. The zero-order valence-electron chi connectivity index (χ0n) is 20.4. The van der Waals surface area contributed by atoms with Crippen molar-refractivity contribution in [2.75, 3.05) is 6.61 Å². The Bertz CT molecular complexity index is 1130. The van der Waals surface area contributed by atoms with Crippen LogP contribution in [0.5, 0.6) is 5.88 Å². The van der Waals surface area contributed by atoms with Gasteiger partial charge in [-0.2, -0.15) is 13.2 Å². The lowest BCUT2D eigenvalue weighted by atomic mass is 9.74. The van der Waals surface area contributed by atoms with E-state index < -0.39 is 39.9 Å². The van der Waals surface area contributed by atoms with Gasteiger partial charge in [-0.05, 0) is 75.1 Å². The van der Waals surface area contributed by atoms with E-state index in [4.69, 9.17) is 22.1 Å². The van der Waals surface area contributed by atoms with Crippen molar-refractivity contribution in [3.05, 3.63) is 51.9 Å². The van der Waals surface area contributed by atoms with Gasteiger partial charge in [-0.3, -0.25) is 9.59 Å². The Labute approximate surface area is 213 Å². The molecule has 3 atom stereocenters. The average molecular weight is 527 g/mol. The lowest BCUT2D eigenvalue weighted by molar-refractivity contribution is -0.141. The van der Waals surface area contributed by atoms with Crippen LogP contribution in [0.15, 0.2) is 24.4 Å². The summed E-state index contributed by atoms with van der Waals surface area (Å²) in [5, 5.41) is 2.16. The lowest BCUT2D eigenvalue weighted by Crippen LogP contribution is -2.59. The molecule has 0 saturated heterocycles. The van der Waals surface area contributed by atoms with E-state index in [1.165, 1.54) is 0 Å². The highest BCUT2D eigenvalue weighted by Crippen LogP contribution is 2.40. The van der Waals surface area contributed by atoms with Crippen molar-refractivity contribution in [3.63, 3.8) is 0 Å². The van der Waals surface area contributed by atoms with Gasteiger partial charge in [0.25, 0.3) is 5.91 Å². The van der Waals surface area contributed by atoms with Crippen LogP contribution in [0.3, 0.4) is 0 Å². The molecule has 3 N–H and O–H groups in total. The Kier molecular flexibility index (Phi) is 8.48. The number of nitrogens with two attached hydrogens (primary N) is 1. The number of rotatable bonds is 6. The second kappa shape index (κ2) is 11.0. The predicted molar refractivity (Wildman–Crippen MR) is 129 cm³/mol. The van der Waals surface area contributed by atoms with Crippen molar-refractivity contribution in [1.82, 2.24) is 15.3 Å². The summed E-state index contributed by atoms with van der Waals surface area (Å²) in [6, 6.07) is 4.04. The van der Waals surface area contributed by atoms with Crippen molar-refractivity contribution in [2.24, 2.45) is 11.7 Å². The zero-order valence-corrected chi connectivity index (χ0v) is 21.2. The Morgan fingerprint density at radius 3 is 2.64 bits per heavy atom. The topological polar surface area (TPSA) is 107 Å². The van der Waals surface area contributed by atoms with E-state index in [9.17, 15) is 22.8 Å². The highest BCUT2D eigenvalue weighted by atomic mass is 35.5. The Morgan fingerprint density at radius 2 is 2.00 bits per heavy atom. The molecule has 1 saturated carbocycles. The molecule has 1 unspecified atom stereocenters. The summed E-state index contributed by atoms with van der Waals surface area (Å²) in [5.41, 5.74) is 3.96. The second-order valence-corrected chi connectivity index (χ2v) is 9.78. The number of halogens is 4. The van der Waals surface area contributed by atoms with E-state index in [-0.39, 0.29) is 24.7 Å². The molecule has 0 spiro atoms. The molecule has 1 aliphatic carbocycles. The molecule has 0 bridgehead atoms. The fraction of sp³-hybridized carbons (Fsp3) is 0.520. The molecule has 0 radical (unpaired) electrons. The number of hydrogen-bond donors (Lipinski definition) is 2. The molecule has 11 heteroatoms. The van der Waals surface area contributed by atoms with Crippen molar-refractivity contribution >= 4 is 23.4 Å². The fourth-order valence-corrected chi connectivity index (χ4v) is 4.96. The maximum absolute atomic E-state index is 13.6. The van der Waals surface area contributed by atoms with Crippen molar-refractivity contribution in [2.45, 2.75) is 70.5 Å². The molecular formula is C25H30ClF3N4O3. The summed E-state index contributed by atoms with van der Waals surface area (Å²) in [7, 11) is 0. The van der Waals surface area contributed by atoms with E-state index in [1.807, 2.05) is 26.8 Å². The molecule has 3 rings (SSSR count). The van der Waals surface area contributed by atoms with Crippen molar-refractivity contribution < 1.29 is 27.5 Å². The van der Waals surface area contributed by atoms with Crippen LogP contribution in [0.25, 0.3) is 0 Å². The second-order valence-electron chi connectivity index (χ2n) is 9.39. The van der Waals surface area contributed by atoms with Crippen LogP contribution in [-0.2, 0) is 11.0 Å². The molecule has 36 heavy (non-hydrogen) atoms. The molecule has 2 aromatic rings. The largest absolute Gasteiger partial charge is 0.478 e. The van der Waals surface area contributed by atoms with Crippen molar-refractivity contribution in [1.29, 1.82) is 0 Å². The first kappa shape index (κ1) is 27.7. The number of aryl methyl sites for hydroxylation is 1. The summed E-state index contributed by atoms with van der Waals surface area (Å²) < 4.78 is 46.4. The van der Waals surface area contributed by atoms with Crippen LogP contribution in [0.1, 0.15) is 79.0 Å². The van der Waals surface area contributed by atoms with Gasteiger partial charge in [0, 0.05) is 11.8 Å². The van der Waals surface area contributed by atoms with Gasteiger partial charge in [0.2, 0.25) is 11.8 Å².